The maximum absolute atomic E-state index is 12.9. The van der Waals surface area contributed by atoms with E-state index in [4.69, 9.17) is 0 Å². The van der Waals surface area contributed by atoms with Gasteiger partial charge in [-0.1, -0.05) is 18.2 Å². The van der Waals surface area contributed by atoms with Crippen LogP contribution >= 0.6 is 0 Å². The van der Waals surface area contributed by atoms with Crippen molar-refractivity contribution >= 4 is 5.91 Å². The summed E-state index contributed by atoms with van der Waals surface area (Å²) in [5.41, 5.74) is 2.51. The smallest absolute Gasteiger partial charge is 0.274 e. The number of hydrogen-bond donors (Lipinski definition) is 1. The Morgan fingerprint density at radius 1 is 1.16 bits per heavy atom. The molecule has 2 aliphatic rings. The number of carbonyl (C=O) groups excluding carboxylic acids is 1. The summed E-state index contributed by atoms with van der Waals surface area (Å²) in [6.45, 7) is 7.88. The van der Waals surface area contributed by atoms with Gasteiger partial charge in [0.25, 0.3) is 5.91 Å². The van der Waals surface area contributed by atoms with E-state index in [0.29, 0.717) is 11.7 Å². The van der Waals surface area contributed by atoms with E-state index in [1.54, 1.807) is 0 Å². The number of carbonyl (C=O) groups is 1. The molecule has 0 aliphatic carbocycles. The zero-order valence-corrected chi connectivity index (χ0v) is 14.7. The lowest BCUT2D eigenvalue weighted by molar-refractivity contribution is 0.0767. The second kappa shape index (κ2) is 6.98. The van der Waals surface area contributed by atoms with Gasteiger partial charge in [-0.2, -0.15) is 5.10 Å². The van der Waals surface area contributed by atoms with Crippen LogP contribution in [0.1, 0.15) is 22.6 Å². The van der Waals surface area contributed by atoms with Crippen molar-refractivity contribution in [1.29, 1.82) is 0 Å². The van der Waals surface area contributed by atoms with Crippen molar-refractivity contribution in [3.05, 3.63) is 47.8 Å². The Bertz CT molecular complexity index is 736. The largest absolute Gasteiger partial charge is 0.336 e. The normalized spacial score (nSPS) is 21.6. The molecule has 1 amide bonds. The highest BCUT2D eigenvalue weighted by atomic mass is 16.2. The Morgan fingerprint density at radius 3 is 2.68 bits per heavy atom. The molecule has 2 aromatic rings. The lowest BCUT2D eigenvalue weighted by Gasteiger charge is -2.32. The number of amides is 1. The summed E-state index contributed by atoms with van der Waals surface area (Å²) in [5.74, 6) is 0.0513. The molecule has 25 heavy (non-hydrogen) atoms. The Morgan fingerprint density at radius 2 is 1.92 bits per heavy atom. The van der Waals surface area contributed by atoms with Crippen LogP contribution in [0.15, 0.2) is 36.4 Å². The molecule has 2 aliphatic heterocycles. The van der Waals surface area contributed by atoms with Crippen LogP contribution in [0.2, 0.25) is 0 Å². The van der Waals surface area contributed by atoms with Crippen LogP contribution < -0.4 is 5.32 Å². The average molecular weight is 339 g/mol. The molecule has 1 aromatic carbocycles. The summed E-state index contributed by atoms with van der Waals surface area (Å²) >= 11 is 0. The molecule has 2 saturated heterocycles. The minimum absolute atomic E-state index is 0.0513. The number of nitrogens with one attached hydrogen (secondary N) is 1. The van der Waals surface area contributed by atoms with E-state index in [9.17, 15) is 4.79 Å². The number of benzene rings is 1. The van der Waals surface area contributed by atoms with E-state index < -0.39 is 0 Å². The number of likely N-dealkylation sites (tertiary alicyclic amines) is 1. The van der Waals surface area contributed by atoms with E-state index in [0.717, 1.165) is 57.1 Å². The van der Waals surface area contributed by atoms with Crippen LogP contribution in [-0.2, 0) is 0 Å². The van der Waals surface area contributed by atoms with E-state index in [2.05, 4.69) is 15.3 Å². The molecule has 0 bridgehead atoms. The maximum atomic E-state index is 12.9. The fourth-order valence-corrected chi connectivity index (χ4v) is 3.84. The molecule has 1 aromatic heterocycles. The van der Waals surface area contributed by atoms with Gasteiger partial charge in [0.1, 0.15) is 0 Å². The summed E-state index contributed by atoms with van der Waals surface area (Å²) in [5, 5.41) is 7.95. The fourth-order valence-electron chi connectivity index (χ4n) is 3.84. The van der Waals surface area contributed by atoms with Crippen molar-refractivity contribution in [2.45, 2.75) is 19.4 Å². The molecule has 6 nitrogen and oxygen atoms in total. The first-order valence-electron chi connectivity index (χ1n) is 9.08. The molecule has 6 heteroatoms. The lowest BCUT2D eigenvalue weighted by atomic mass is 10.2. The van der Waals surface area contributed by atoms with Crippen LogP contribution in [0.3, 0.4) is 0 Å². The van der Waals surface area contributed by atoms with Gasteiger partial charge in [0, 0.05) is 51.0 Å². The molecule has 3 heterocycles. The van der Waals surface area contributed by atoms with E-state index in [1.807, 2.05) is 52.9 Å². The molecule has 2 fully saturated rings. The minimum atomic E-state index is 0.0513. The summed E-state index contributed by atoms with van der Waals surface area (Å²) < 4.78 is 1.84. The molecule has 0 radical (unpaired) electrons. The molecule has 132 valence electrons. The second-order valence-corrected chi connectivity index (χ2v) is 6.90. The summed E-state index contributed by atoms with van der Waals surface area (Å²) in [6.07, 6.45) is 1.06. The zero-order valence-electron chi connectivity index (χ0n) is 14.7. The van der Waals surface area contributed by atoms with Gasteiger partial charge < -0.3 is 10.2 Å². The van der Waals surface area contributed by atoms with Gasteiger partial charge in [-0.05, 0) is 31.5 Å². The highest BCUT2D eigenvalue weighted by Crippen LogP contribution is 2.19. The van der Waals surface area contributed by atoms with Gasteiger partial charge >= 0.3 is 0 Å². The monoisotopic (exact) mass is 339 g/mol. The Hall–Kier alpha value is -2.18. The second-order valence-electron chi connectivity index (χ2n) is 6.90. The van der Waals surface area contributed by atoms with Gasteiger partial charge in [-0.25, -0.2) is 4.68 Å². The van der Waals surface area contributed by atoms with E-state index >= 15 is 0 Å². The van der Waals surface area contributed by atoms with Gasteiger partial charge in [0.05, 0.1) is 5.69 Å². The van der Waals surface area contributed by atoms with Crippen molar-refractivity contribution in [2.75, 3.05) is 39.3 Å². The van der Waals surface area contributed by atoms with Crippen LogP contribution in [0.4, 0.5) is 0 Å². The average Bonchev–Trinajstić information content (AvgIpc) is 3.30. The number of aryl methyl sites for hydroxylation is 1. The predicted molar refractivity (Wildman–Crippen MR) is 97.1 cm³/mol. The number of rotatable bonds is 3. The highest BCUT2D eigenvalue weighted by molar-refractivity contribution is 5.92. The summed E-state index contributed by atoms with van der Waals surface area (Å²) in [7, 11) is 0. The van der Waals surface area contributed by atoms with Crippen molar-refractivity contribution in [3.63, 3.8) is 0 Å². The summed E-state index contributed by atoms with van der Waals surface area (Å²) in [4.78, 5) is 17.4. The molecule has 1 atom stereocenters. The molecule has 4 rings (SSSR count). The Labute approximate surface area is 148 Å². The molecule has 1 unspecified atom stereocenters. The molecule has 0 spiro atoms. The Kier molecular flexibility index (Phi) is 4.55. The van der Waals surface area contributed by atoms with E-state index in [1.165, 1.54) is 0 Å². The van der Waals surface area contributed by atoms with Crippen molar-refractivity contribution in [3.8, 4) is 5.69 Å². The first-order valence-corrected chi connectivity index (χ1v) is 9.08. The molecular formula is C19H25N5O. The van der Waals surface area contributed by atoms with Gasteiger partial charge in [-0.3, -0.25) is 9.69 Å². The number of hydrogen-bond acceptors (Lipinski definition) is 4. The number of aromatic nitrogens is 2. The third kappa shape index (κ3) is 3.32. The fraction of sp³-hybridized carbons (Fsp3) is 0.474. The number of para-hydroxylation sites is 1. The van der Waals surface area contributed by atoms with Gasteiger partial charge in [0.15, 0.2) is 5.69 Å². The maximum Gasteiger partial charge on any atom is 0.274 e. The first-order chi connectivity index (χ1) is 12.2. The molecular weight excluding hydrogens is 314 g/mol. The van der Waals surface area contributed by atoms with Gasteiger partial charge in [0.2, 0.25) is 0 Å². The SMILES string of the molecule is Cc1cc(C(=O)N2CCC(N3CCNCC3)C2)nn1-c1ccccc1. The Balaban J connectivity index is 1.47. The topological polar surface area (TPSA) is 53.4 Å². The predicted octanol–water partition coefficient (Wildman–Crippen LogP) is 1.30. The van der Waals surface area contributed by atoms with Crippen molar-refractivity contribution in [1.82, 2.24) is 24.9 Å². The lowest BCUT2D eigenvalue weighted by Crippen LogP contribution is -2.49. The van der Waals surface area contributed by atoms with Crippen molar-refractivity contribution in [2.24, 2.45) is 0 Å². The molecule has 0 saturated carbocycles. The van der Waals surface area contributed by atoms with Gasteiger partial charge in [-0.15, -0.1) is 0 Å². The highest BCUT2D eigenvalue weighted by Gasteiger charge is 2.32. The molecule has 1 N–H and O–H groups in total. The van der Waals surface area contributed by atoms with E-state index in [-0.39, 0.29) is 5.91 Å². The van der Waals surface area contributed by atoms with Crippen LogP contribution in [0, 0.1) is 6.92 Å². The first kappa shape index (κ1) is 16.3. The number of nitrogens with zero attached hydrogens (tertiary/aromatic N) is 4. The van der Waals surface area contributed by atoms with Crippen LogP contribution in [-0.4, -0.2) is 70.8 Å². The van der Waals surface area contributed by atoms with Crippen molar-refractivity contribution < 1.29 is 4.79 Å². The third-order valence-electron chi connectivity index (χ3n) is 5.23. The summed E-state index contributed by atoms with van der Waals surface area (Å²) in [6, 6.07) is 12.3. The number of piperazine rings is 1. The third-order valence-corrected chi connectivity index (χ3v) is 5.23. The van der Waals surface area contributed by atoms with Crippen LogP contribution in [0.5, 0.6) is 0 Å². The van der Waals surface area contributed by atoms with Crippen LogP contribution in [0.25, 0.3) is 5.69 Å². The standard InChI is InChI=1S/C19H25N5O/c1-15-13-18(21-24(15)16-5-3-2-4-6-16)19(25)23-10-7-17(14-23)22-11-8-20-9-12-22/h2-6,13,17,20H,7-12,14H2,1H3. The quantitative estimate of drug-likeness (QED) is 0.916. The zero-order chi connectivity index (χ0) is 17.2. The minimum Gasteiger partial charge on any atom is -0.336 e.